The van der Waals surface area contributed by atoms with Gasteiger partial charge in [0.2, 0.25) is 5.92 Å². The van der Waals surface area contributed by atoms with E-state index in [4.69, 9.17) is 4.74 Å². The standard InChI is InChI=1S/C18H27F2N3O3/c1-17(2,3)26-15(24)13-5-4-6-14-21-22(16(25)23(13)14)11-12-7-9-18(19,20)10-8-12/h12-13H,4-11H2,1-3H3. The van der Waals surface area contributed by atoms with Gasteiger partial charge in [0, 0.05) is 25.8 Å². The number of carbonyl (C=O) groups excluding carboxylic acids is 1. The quantitative estimate of drug-likeness (QED) is 0.766. The van der Waals surface area contributed by atoms with Gasteiger partial charge in [-0.1, -0.05) is 0 Å². The lowest BCUT2D eigenvalue weighted by Gasteiger charge is -2.27. The Balaban J connectivity index is 1.78. The number of rotatable bonds is 3. The maximum atomic E-state index is 13.3. The minimum Gasteiger partial charge on any atom is -0.458 e. The smallest absolute Gasteiger partial charge is 0.346 e. The van der Waals surface area contributed by atoms with Gasteiger partial charge in [-0.3, -0.25) is 4.57 Å². The fourth-order valence-electron chi connectivity index (χ4n) is 3.77. The van der Waals surface area contributed by atoms with Crippen molar-refractivity contribution in [3.8, 4) is 0 Å². The van der Waals surface area contributed by atoms with Gasteiger partial charge in [-0.25, -0.2) is 23.1 Å². The minimum absolute atomic E-state index is 0.0178. The van der Waals surface area contributed by atoms with Crippen LogP contribution in [0.15, 0.2) is 4.79 Å². The number of hydrogen-bond acceptors (Lipinski definition) is 4. The number of alkyl halides is 2. The van der Waals surface area contributed by atoms with Gasteiger partial charge in [-0.05, 0) is 52.4 Å². The molecule has 1 aromatic rings. The van der Waals surface area contributed by atoms with Crippen molar-refractivity contribution in [3.05, 3.63) is 16.3 Å². The first kappa shape index (κ1) is 19.0. The number of fused-ring (bicyclic) bond motifs is 1. The number of aromatic nitrogens is 3. The molecule has 146 valence electrons. The van der Waals surface area contributed by atoms with Crippen LogP contribution in [0.3, 0.4) is 0 Å². The molecule has 0 bridgehead atoms. The highest BCUT2D eigenvalue weighted by Crippen LogP contribution is 2.36. The SMILES string of the molecule is CC(C)(C)OC(=O)C1CCCc2nn(CC3CCC(F)(F)CC3)c(=O)n21. The van der Waals surface area contributed by atoms with E-state index in [1.165, 1.54) is 9.25 Å². The van der Waals surface area contributed by atoms with Crippen LogP contribution in [0.2, 0.25) is 0 Å². The van der Waals surface area contributed by atoms with Gasteiger partial charge in [0.25, 0.3) is 0 Å². The number of ether oxygens (including phenoxy) is 1. The average Bonchev–Trinajstić information content (AvgIpc) is 2.84. The highest BCUT2D eigenvalue weighted by molar-refractivity contribution is 5.74. The van der Waals surface area contributed by atoms with Crippen molar-refractivity contribution in [2.75, 3.05) is 0 Å². The summed E-state index contributed by atoms with van der Waals surface area (Å²) in [6.07, 6.45) is 2.43. The lowest BCUT2D eigenvalue weighted by atomic mass is 9.87. The molecule has 1 saturated carbocycles. The van der Waals surface area contributed by atoms with Crippen LogP contribution < -0.4 is 5.69 Å². The zero-order valence-corrected chi connectivity index (χ0v) is 15.6. The van der Waals surface area contributed by atoms with Crippen molar-refractivity contribution in [1.82, 2.24) is 14.3 Å². The molecule has 26 heavy (non-hydrogen) atoms. The monoisotopic (exact) mass is 371 g/mol. The lowest BCUT2D eigenvalue weighted by molar-refractivity contribution is -0.159. The van der Waals surface area contributed by atoms with E-state index in [2.05, 4.69) is 5.10 Å². The summed E-state index contributed by atoms with van der Waals surface area (Å²) in [5.74, 6) is -2.41. The number of halogens is 2. The normalized spacial score (nSPS) is 23.5. The molecule has 1 aliphatic heterocycles. The summed E-state index contributed by atoms with van der Waals surface area (Å²) in [7, 11) is 0. The van der Waals surface area contributed by atoms with E-state index < -0.39 is 23.5 Å². The molecule has 1 aromatic heterocycles. The highest BCUT2D eigenvalue weighted by atomic mass is 19.3. The Morgan fingerprint density at radius 1 is 1.27 bits per heavy atom. The highest BCUT2D eigenvalue weighted by Gasteiger charge is 2.37. The van der Waals surface area contributed by atoms with Gasteiger partial charge in [-0.15, -0.1) is 0 Å². The molecule has 8 heteroatoms. The van der Waals surface area contributed by atoms with E-state index >= 15 is 0 Å². The van der Waals surface area contributed by atoms with Crippen LogP contribution in [0.5, 0.6) is 0 Å². The molecule has 1 fully saturated rings. The predicted octanol–water partition coefficient (Wildman–Crippen LogP) is 3.09. The summed E-state index contributed by atoms with van der Waals surface area (Å²) in [4.78, 5) is 25.3. The summed E-state index contributed by atoms with van der Waals surface area (Å²) in [6, 6.07) is -0.657. The van der Waals surface area contributed by atoms with E-state index in [0.29, 0.717) is 38.1 Å². The fourth-order valence-corrected chi connectivity index (χ4v) is 3.77. The van der Waals surface area contributed by atoms with Crippen molar-refractivity contribution < 1.29 is 18.3 Å². The van der Waals surface area contributed by atoms with Crippen LogP contribution in [-0.2, 0) is 22.5 Å². The predicted molar refractivity (Wildman–Crippen MR) is 91.2 cm³/mol. The molecule has 6 nitrogen and oxygen atoms in total. The molecule has 0 aromatic carbocycles. The number of aryl methyl sites for hydroxylation is 1. The third-order valence-electron chi connectivity index (χ3n) is 5.08. The van der Waals surface area contributed by atoms with E-state index in [1.54, 1.807) is 20.8 Å². The molecule has 0 radical (unpaired) electrons. The van der Waals surface area contributed by atoms with Crippen LogP contribution in [0.25, 0.3) is 0 Å². The van der Waals surface area contributed by atoms with E-state index in [1.807, 2.05) is 0 Å². The topological polar surface area (TPSA) is 66.1 Å². The van der Waals surface area contributed by atoms with Crippen molar-refractivity contribution in [2.24, 2.45) is 5.92 Å². The van der Waals surface area contributed by atoms with Crippen molar-refractivity contribution in [2.45, 2.75) is 89.8 Å². The Hall–Kier alpha value is -1.73. The molecule has 0 saturated heterocycles. The number of hydrogen-bond donors (Lipinski definition) is 0. The first-order valence-corrected chi connectivity index (χ1v) is 9.35. The molecule has 0 spiro atoms. The molecule has 1 unspecified atom stereocenters. The first-order chi connectivity index (χ1) is 12.1. The minimum atomic E-state index is -2.59. The molecule has 2 heterocycles. The second kappa shape index (κ2) is 6.78. The second-order valence-electron chi connectivity index (χ2n) is 8.49. The van der Waals surface area contributed by atoms with E-state index in [-0.39, 0.29) is 24.4 Å². The Bertz CT molecular complexity index is 723. The molecule has 3 rings (SSSR count). The third-order valence-corrected chi connectivity index (χ3v) is 5.08. The molecule has 2 aliphatic rings. The summed E-state index contributed by atoms with van der Waals surface area (Å²) in [6.45, 7) is 5.70. The Morgan fingerprint density at radius 2 is 1.92 bits per heavy atom. The number of esters is 1. The molecule has 1 aliphatic carbocycles. The van der Waals surface area contributed by atoms with Gasteiger partial charge in [0.1, 0.15) is 17.5 Å². The number of carbonyl (C=O) groups is 1. The second-order valence-corrected chi connectivity index (χ2v) is 8.49. The molecular formula is C18H27F2N3O3. The summed E-state index contributed by atoms with van der Waals surface area (Å²) < 4.78 is 34.9. The molecular weight excluding hydrogens is 344 g/mol. The molecule has 0 amide bonds. The van der Waals surface area contributed by atoms with Crippen LogP contribution in [-0.4, -0.2) is 31.8 Å². The number of nitrogens with zero attached hydrogens (tertiary/aromatic N) is 3. The lowest BCUT2D eigenvalue weighted by Crippen LogP contribution is -2.38. The zero-order valence-electron chi connectivity index (χ0n) is 15.6. The van der Waals surface area contributed by atoms with Gasteiger partial charge in [-0.2, -0.15) is 5.10 Å². The van der Waals surface area contributed by atoms with Crippen LogP contribution >= 0.6 is 0 Å². The van der Waals surface area contributed by atoms with Crippen molar-refractivity contribution >= 4 is 5.97 Å². The summed E-state index contributed by atoms with van der Waals surface area (Å²) in [5, 5.41) is 4.38. The van der Waals surface area contributed by atoms with Crippen LogP contribution in [0.4, 0.5) is 8.78 Å². The van der Waals surface area contributed by atoms with E-state index in [0.717, 1.165) is 6.42 Å². The van der Waals surface area contributed by atoms with Crippen molar-refractivity contribution in [3.63, 3.8) is 0 Å². The van der Waals surface area contributed by atoms with Gasteiger partial charge in [0.15, 0.2) is 0 Å². The van der Waals surface area contributed by atoms with Gasteiger partial charge >= 0.3 is 11.7 Å². The summed E-state index contributed by atoms with van der Waals surface area (Å²) >= 11 is 0. The Labute approximate surface area is 151 Å². The summed E-state index contributed by atoms with van der Waals surface area (Å²) in [5.41, 5.74) is -0.963. The molecule has 0 N–H and O–H groups in total. The average molecular weight is 371 g/mol. The Kier molecular flexibility index (Phi) is 4.96. The maximum Gasteiger partial charge on any atom is 0.346 e. The van der Waals surface area contributed by atoms with E-state index in [9.17, 15) is 18.4 Å². The fraction of sp³-hybridized carbons (Fsp3) is 0.833. The third kappa shape index (κ3) is 4.15. The van der Waals surface area contributed by atoms with Crippen molar-refractivity contribution in [1.29, 1.82) is 0 Å². The maximum absolute atomic E-state index is 13.3. The Morgan fingerprint density at radius 3 is 2.54 bits per heavy atom. The molecule has 1 atom stereocenters. The largest absolute Gasteiger partial charge is 0.458 e. The van der Waals surface area contributed by atoms with Crippen LogP contribution in [0, 0.1) is 5.92 Å². The zero-order chi connectivity index (χ0) is 19.1. The van der Waals surface area contributed by atoms with Crippen LogP contribution in [0.1, 0.15) is 71.2 Å². The first-order valence-electron chi connectivity index (χ1n) is 9.35. The van der Waals surface area contributed by atoms with Gasteiger partial charge in [0.05, 0.1) is 0 Å². The van der Waals surface area contributed by atoms with Gasteiger partial charge < -0.3 is 4.74 Å².